The van der Waals surface area contributed by atoms with E-state index in [0.717, 1.165) is 16.9 Å². The van der Waals surface area contributed by atoms with Crippen LogP contribution in [0.2, 0.25) is 0 Å². The Kier molecular flexibility index (Phi) is 6.58. The molecule has 2 N–H and O–H groups in total. The fourth-order valence-corrected chi connectivity index (χ4v) is 4.24. The molecule has 132 valence electrons. The molecule has 7 nitrogen and oxygen atoms in total. The molecular formula is C17H17LiN2O5S. The maximum Gasteiger partial charge on any atom is 1.00 e. The molecule has 0 aliphatic carbocycles. The second kappa shape index (κ2) is 8.31. The third-order valence-corrected chi connectivity index (χ3v) is 5.68. The minimum atomic E-state index is -1.50. The molecule has 2 amide bonds. The molecule has 0 spiro atoms. The summed E-state index contributed by atoms with van der Waals surface area (Å²) in [6.45, 7) is 1.56. The Morgan fingerprint density at radius 1 is 1.35 bits per heavy atom. The number of carbonyl (C=O) groups excluding carboxylic acids is 3. The second-order valence-corrected chi connectivity index (χ2v) is 6.91. The van der Waals surface area contributed by atoms with E-state index in [-0.39, 0.29) is 41.8 Å². The van der Waals surface area contributed by atoms with E-state index in [2.05, 4.69) is 5.32 Å². The van der Waals surface area contributed by atoms with Crippen LogP contribution < -0.4 is 29.3 Å². The monoisotopic (exact) mass is 368 g/mol. The van der Waals surface area contributed by atoms with Gasteiger partial charge in [-0.3, -0.25) is 14.5 Å². The zero-order valence-corrected chi connectivity index (χ0v) is 15.3. The molecule has 0 radical (unpaired) electrons. The van der Waals surface area contributed by atoms with Gasteiger partial charge in [-0.15, -0.1) is 11.8 Å². The molecule has 1 aromatic carbocycles. The molecule has 2 aliphatic rings. The minimum absolute atomic E-state index is 0. The van der Waals surface area contributed by atoms with E-state index < -0.39 is 29.9 Å². The molecule has 1 aromatic rings. The minimum Gasteiger partial charge on any atom is -0.543 e. The molecule has 0 unspecified atom stereocenters. The number of amides is 2. The number of aliphatic hydroxyl groups is 1. The fourth-order valence-electron chi connectivity index (χ4n) is 2.91. The van der Waals surface area contributed by atoms with Crippen molar-refractivity contribution in [3.8, 4) is 0 Å². The van der Waals surface area contributed by atoms with Gasteiger partial charge in [0, 0.05) is 11.3 Å². The molecule has 2 atom stereocenters. The summed E-state index contributed by atoms with van der Waals surface area (Å²) < 4.78 is 0. The van der Waals surface area contributed by atoms with Crippen molar-refractivity contribution in [1.29, 1.82) is 0 Å². The standard InChI is InChI=1S/C17H18N2O5S.Li/c1-2-9-3-5-10(6-4-9)14(21)18-12-15(22)19-13(17(23)24)11(7-20)8-25-16(12)19;/h3-6,12,16,20H,2,7-8H2,1H3,(H,18,21)(H,23,24);/q;+1/p-1/t12-,16-;/m0./s1. The number of nitrogens with zero attached hydrogens (tertiary/aromatic N) is 1. The Morgan fingerprint density at radius 2 is 2.00 bits per heavy atom. The van der Waals surface area contributed by atoms with Gasteiger partial charge in [-0.2, -0.15) is 0 Å². The average Bonchev–Trinajstić information content (AvgIpc) is 2.64. The van der Waals surface area contributed by atoms with Crippen LogP contribution in [0.25, 0.3) is 0 Å². The summed E-state index contributed by atoms with van der Waals surface area (Å²) in [6, 6.07) is 6.30. The number of carbonyl (C=O) groups is 3. The van der Waals surface area contributed by atoms with Crippen LogP contribution in [0.5, 0.6) is 0 Å². The first kappa shape index (κ1) is 20.6. The van der Waals surface area contributed by atoms with E-state index in [1.165, 1.54) is 11.8 Å². The molecular weight excluding hydrogens is 351 g/mol. The van der Waals surface area contributed by atoms with Crippen LogP contribution in [-0.4, -0.2) is 51.6 Å². The number of benzene rings is 1. The molecule has 2 heterocycles. The second-order valence-electron chi connectivity index (χ2n) is 5.81. The first-order valence-electron chi connectivity index (χ1n) is 7.86. The molecule has 1 saturated heterocycles. The maximum atomic E-state index is 12.3. The van der Waals surface area contributed by atoms with Gasteiger partial charge in [0.2, 0.25) is 0 Å². The van der Waals surface area contributed by atoms with Crippen molar-refractivity contribution in [1.82, 2.24) is 10.2 Å². The molecule has 2 aliphatic heterocycles. The van der Waals surface area contributed by atoms with Gasteiger partial charge in [0.05, 0.1) is 18.3 Å². The Hall–Kier alpha value is -1.72. The van der Waals surface area contributed by atoms with Gasteiger partial charge in [0.25, 0.3) is 11.8 Å². The van der Waals surface area contributed by atoms with Crippen molar-refractivity contribution < 1.29 is 43.5 Å². The van der Waals surface area contributed by atoms with Gasteiger partial charge in [0.1, 0.15) is 11.4 Å². The summed E-state index contributed by atoms with van der Waals surface area (Å²) >= 11 is 1.30. The topological polar surface area (TPSA) is 110 Å². The van der Waals surface area contributed by atoms with Crippen molar-refractivity contribution in [2.75, 3.05) is 12.4 Å². The number of carboxylic acid groups (broad SMARTS) is 1. The number of aliphatic carboxylic acids is 1. The van der Waals surface area contributed by atoms with Crippen molar-refractivity contribution >= 4 is 29.5 Å². The number of carboxylic acids is 1. The van der Waals surface area contributed by atoms with Crippen LogP contribution in [0.3, 0.4) is 0 Å². The summed E-state index contributed by atoms with van der Waals surface area (Å²) in [5, 5.41) is 22.7. The van der Waals surface area contributed by atoms with Gasteiger partial charge in [0.15, 0.2) is 0 Å². The van der Waals surface area contributed by atoms with Crippen LogP contribution in [0.15, 0.2) is 35.5 Å². The van der Waals surface area contributed by atoms with Crippen LogP contribution in [-0.2, 0) is 16.0 Å². The third-order valence-electron chi connectivity index (χ3n) is 4.34. The number of rotatable bonds is 5. The molecule has 0 saturated carbocycles. The number of nitrogens with one attached hydrogen (secondary N) is 1. The third kappa shape index (κ3) is 3.55. The number of aliphatic hydroxyl groups excluding tert-OH is 1. The first-order chi connectivity index (χ1) is 12.0. The van der Waals surface area contributed by atoms with Crippen LogP contribution in [0, 0.1) is 0 Å². The van der Waals surface area contributed by atoms with E-state index in [9.17, 15) is 24.6 Å². The Morgan fingerprint density at radius 3 is 2.54 bits per heavy atom. The van der Waals surface area contributed by atoms with Crippen molar-refractivity contribution in [2.24, 2.45) is 0 Å². The summed E-state index contributed by atoms with van der Waals surface area (Å²) in [6.07, 6.45) is 0.863. The summed E-state index contributed by atoms with van der Waals surface area (Å²) in [5.41, 5.74) is 1.50. The average molecular weight is 368 g/mol. The smallest absolute Gasteiger partial charge is 0.543 e. The van der Waals surface area contributed by atoms with Gasteiger partial charge < -0.3 is 20.3 Å². The summed E-state index contributed by atoms with van der Waals surface area (Å²) in [7, 11) is 0. The molecule has 26 heavy (non-hydrogen) atoms. The first-order valence-corrected chi connectivity index (χ1v) is 8.91. The Balaban J connectivity index is 0.00000243. The predicted octanol–water partition coefficient (Wildman–Crippen LogP) is -3.74. The number of hydrogen-bond donors (Lipinski definition) is 2. The molecule has 9 heteroatoms. The fraction of sp³-hybridized carbons (Fsp3) is 0.353. The van der Waals surface area contributed by atoms with Crippen molar-refractivity contribution in [3.05, 3.63) is 46.7 Å². The van der Waals surface area contributed by atoms with Crippen molar-refractivity contribution in [2.45, 2.75) is 24.8 Å². The molecule has 0 bridgehead atoms. The molecule has 1 fully saturated rings. The Bertz CT molecular complexity index is 765. The zero-order chi connectivity index (χ0) is 18.1. The molecule has 0 aromatic heterocycles. The van der Waals surface area contributed by atoms with Crippen LogP contribution in [0.1, 0.15) is 22.8 Å². The SMILES string of the molecule is CCc1ccc(C(=O)N[C@H]2C(=O)N3C(C(=O)[O-])=C(CO)CS[C@@H]23)cc1.[Li+]. The zero-order valence-electron chi connectivity index (χ0n) is 14.5. The number of β-lactam (4-membered cyclic amide) rings is 1. The van der Waals surface area contributed by atoms with Gasteiger partial charge in [-0.1, -0.05) is 19.1 Å². The van der Waals surface area contributed by atoms with Gasteiger partial charge in [-0.05, 0) is 29.7 Å². The van der Waals surface area contributed by atoms with Crippen LogP contribution >= 0.6 is 11.8 Å². The Labute approximate surface area is 167 Å². The van der Waals surface area contributed by atoms with Gasteiger partial charge >= 0.3 is 18.9 Å². The predicted molar refractivity (Wildman–Crippen MR) is 89.3 cm³/mol. The van der Waals surface area contributed by atoms with Crippen molar-refractivity contribution in [3.63, 3.8) is 0 Å². The molecule has 3 rings (SSSR count). The number of aryl methyl sites for hydroxylation is 1. The normalized spacial score (nSPS) is 21.5. The van der Waals surface area contributed by atoms with E-state index in [1.54, 1.807) is 12.1 Å². The van der Waals surface area contributed by atoms with E-state index >= 15 is 0 Å². The van der Waals surface area contributed by atoms with E-state index in [4.69, 9.17) is 0 Å². The van der Waals surface area contributed by atoms with Gasteiger partial charge in [-0.25, -0.2) is 0 Å². The quantitative estimate of drug-likeness (QED) is 0.408. The largest absolute Gasteiger partial charge is 1.00 e. The number of hydrogen-bond acceptors (Lipinski definition) is 6. The number of thioether (sulfide) groups is 1. The maximum absolute atomic E-state index is 12.3. The van der Waals surface area contributed by atoms with Crippen LogP contribution in [0.4, 0.5) is 0 Å². The summed E-state index contributed by atoms with van der Waals surface area (Å²) in [4.78, 5) is 37.0. The van der Waals surface area contributed by atoms with E-state index in [0.29, 0.717) is 5.56 Å². The van der Waals surface area contributed by atoms with E-state index in [1.807, 2.05) is 19.1 Å². The summed E-state index contributed by atoms with van der Waals surface area (Å²) in [5.74, 6) is -2.12. The number of fused-ring (bicyclic) bond motifs is 1.